The molecule has 0 spiro atoms. The molecule has 2 aromatic rings. The van der Waals surface area contributed by atoms with E-state index in [0.717, 1.165) is 16.9 Å². The molecule has 0 saturated carbocycles. The first-order chi connectivity index (χ1) is 10.1. The van der Waals surface area contributed by atoms with Gasteiger partial charge >= 0.3 is 0 Å². The van der Waals surface area contributed by atoms with Gasteiger partial charge in [0.15, 0.2) is 0 Å². The van der Waals surface area contributed by atoms with Crippen molar-refractivity contribution in [3.8, 4) is 0 Å². The van der Waals surface area contributed by atoms with Gasteiger partial charge in [-0.3, -0.25) is 0 Å². The number of nitrogens with one attached hydrogen (secondary N) is 1. The average Bonchev–Trinajstić information content (AvgIpc) is 2.91. The van der Waals surface area contributed by atoms with Gasteiger partial charge in [-0.25, -0.2) is 18.1 Å². The number of aromatic nitrogens is 2. The second kappa shape index (κ2) is 5.75. The van der Waals surface area contributed by atoms with Crippen LogP contribution in [0.25, 0.3) is 5.65 Å². The van der Waals surface area contributed by atoms with E-state index >= 15 is 0 Å². The minimum absolute atomic E-state index is 0.223. The Kier molecular flexibility index (Phi) is 3.97. The van der Waals surface area contributed by atoms with Gasteiger partial charge in [0, 0.05) is 25.6 Å². The minimum Gasteiger partial charge on any atom is -0.381 e. The predicted molar refractivity (Wildman–Crippen MR) is 79.5 cm³/mol. The van der Waals surface area contributed by atoms with Crippen LogP contribution >= 0.6 is 0 Å². The summed E-state index contributed by atoms with van der Waals surface area (Å²) in [5.41, 5.74) is 2.65. The lowest BCUT2D eigenvalue weighted by Gasteiger charge is -2.22. The normalized spacial score (nSPS) is 17.4. The number of pyridine rings is 1. The molecule has 0 aliphatic carbocycles. The number of hydrogen-bond donors (Lipinski definition) is 1. The highest BCUT2D eigenvalue weighted by Crippen LogP contribution is 2.15. The van der Waals surface area contributed by atoms with Gasteiger partial charge in [-0.15, -0.1) is 0 Å². The number of ether oxygens (including phenoxy) is 1. The molecule has 21 heavy (non-hydrogen) atoms. The van der Waals surface area contributed by atoms with Crippen molar-refractivity contribution in [1.82, 2.24) is 14.1 Å². The number of imidazole rings is 1. The van der Waals surface area contributed by atoms with Crippen molar-refractivity contribution in [2.75, 3.05) is 13.2 Å². The van der Waals surface area contributed by atoms with Crippen molar-refractivity contribution in [2.24, 2.45) is 0 Å². The molecule has 114 valence electrons. The van der Waals surface area contributed by atoms with E-state index in [9.17, 15) is 8.42 Å². The highest BCUT2D eigenvalue weighted by Gasteiger charge is 2.27. The highest BCUT2D eigenvalue weighted by molar-refractivity contribution is 7.90. The zero-order valence-electron chi connectivity index (χ0n) is 11.9. The smallest absolute Gasteiger partial charge is 0.215 e. The van der Waals surface area contributed by atoms with E-state index in [1.807, 2.05) is 35.9 Å². The Bertz CT molecular complexity index is 733. The number of fused-ring (bicyclic) bond motifs is 1. The topological polar surface area (TPSA) is 72.7 Å². The van der Waals surface area contributed by atoms with E-state index in [1.165, 1.54) is 0 Å². The van der Waals surface area contributed by atoms with Crippen LogP contribution in [0.15, 0.2) is 24.5 Å². The van der Waals surface area contributed by atoms with Gasteiger partial charge in [-0.1, -0.05) is 6.07 Å². The monoisotopic (exact) mass is 309 g/mol. The summed E-state index contributed by atoms with van der Waals surface area (Å²) in [7, 11) is -3.31. The molecular formula is C14H19N3O3S. The fourth-order valence-corrected chi connectivity index (χ4v) is 3.97. The SMILES string of the molecule is Cc1cccn2cc(CNS(=O)(=O)C3CCOCC3)nc12. The molecule has 6 nitrogen and oxygen atoms in total. The van der Waals surface area contributed by atoms with Gasteiger partial charge in [0.25, 0.3) is 0 Å². The van der Waals surface area contributed by atoms with Gasteiger partial charge < -0.3 is 9.14 Å². The molecule has 7 heteroatoms. The Balaban J connectivity index is 1.72. The maximum absolute atomic E-state index is 12.2. The van der Waals surface area contributed by atoms with E-state index in [1.54, 1.807) is 0 Å². The number of hydrogen-bond acceptors (Lipinski definition) is 4. The third-order valence-corrected chi connectivity index (χ3v) is 5.69. The fraction of sp³-hybridized carbons (Fsp3) is 0.500. The van der Waals surface area contributed by atoms with Gasteiger partial charge in [0.05, 0.1) is 17.5 Å². The third-order valence-electron chi connectivity index (χ3n) is 3.79. The Morgan fingerprint density at radius 3 is 2.90 bits per heavy atom. The molecule has 0 aromatic carbocycles. The highest BCUT2D eigenvalue weighted by atomic mass is 32.2. The zero-order chi connectivity index (χ0) is 14.9. The first-order valence-electron chi connectivity index (χ1n) is 7.06. The summed E-state index contributed by atoms with van der Waals surface area (Å²) in [5, 5.41) is -0.356. The summed E-state index contributed by atoms with van der Waals surface area (Å²) in [6.07, 6.45) is 4.87. The van der Waals surface area contributed by atoms with Crippen LogP contribution < -0.4 is 4.72 Å². The lowest BCUT2D eigenvalue weighted by atomic mass is 10.2. The molecule has 0 atom stereocenters. The summed E-state index contributed by atoms with van der Waals surface area (Å²) >= 11 is 0. The molecule has 3 rings (SSSR count). The lowest BCUT2D eigenvalue weighted by molar-refractivity contribution is 0.0981. The molecule has 0 amide bonds. The predicted octanol–water partition coefficient (Wildman–Crippen LogP) is 1.24. The van der Waals surface area contributed by atoms with Crippen molar-refractivity contribution in [1.29, 1.82) is 0 Å². The van der Waals surface area contributed by atoms with Crippen LogP contribution in [0.3, 0.4) is 0 Å². The lowest BCUT2D eigenvalue weighted by Crippen LogP contribution is -2.37. The van der Waals surface area contributed by atoms with E-state index in [4.69, 9.17) is 4.74 Å². The first-order valence-corrected chi connectivity index (χ1v) is 8.60. The molecular weight excluding hydrogens is 290 g/mol. The van der Waals surface area contributed by atoms with E-state index in [-0.39, 0.29) is 11.8 Å². The number of nitrogens with zero attached hydrogens (tertiary/aromatic N) is 2. The summed E-state index contributed by atoms with van der Waals surface area (Å²) in [6, 6.07) is 3.93. The molecule has 2 aromatic heterocycles. The van der Waals surface area contributed by atoms with Crippen LogP contribution in [0.1, 0.15) is 24.1 Å². The quantitative estimate of drug-likeness (QED) is 0.922. The van der Waals surface area contributed by atoms with Crippen molar-refractivity contribution in [3.63, 3.8) is 0 Å². The van der Waals surface area contributed by atoms with Crippen LogP contribution in [-0.2, 0) is 21.3 Å². The fourth-order valence-electron chi connectivity index (χ4n) is 2.57. The molecule has 0 bridgehead atoms. The second-order valence-electron chi connectivity index (χ2n) is 5.33. The van der Waals surface area contributed by atoms with Crippen LogP contribution in [0.5, 0.6) is 0 Å². The third kappa shape index (κ3) is 3.09. The largest absolute Gasteiger partial charge is 0.381 e. The van der Waals surface area contributed by atoms with Gasteiger partial charge in [0.1, 0.15) is 5.65 Å². The number of sulfonamides is 1. The molecule has 1 N–H and O–H groups in total. The Morgan fingerprint density at radius 2 is 2.19 bits per heavy atom. The van der Waals surface area contributed by atoms with Crippen LogP contribution in [0.2, 0.25) is 0 Å². The molecule has 3 heterocycles. The van der Waals surface area contributed by atoms with Crippen molar-refractivity contribution in [3.05, 3.63) is 35.8 Å². The number of aryl methyl sites for hydroxylation is 1. The van der Waals surface area contributed by atoms with Crippen molar-refractivity contribution in [2.45, 2.75) is 31.6 Å². The van der Waals surface area contributed by atoms with E-state index in [2.05, 4.69) is 9.71 Å². The van der Waals surface area contributed by atoms with Crippen LogP contribution in [0.4, 0.5) is 0 Å². The molecule has 1 aliphatic rings. The van der Waals surface area contributed by atoms with Crippen LogP contribution in [0, 0.1) is 6.92 Å². The average molecular weight is 309 g/mol. The molecule has 1 aliphatic heterocycles. The zero-order valence-corrected chi connectivity index (χ0v) is 12.8. The standard InChI is InChI=1S/C14H19N3O3S/c1-11-3-2-6-17-10-12(16-14(11)17)9-15-21(18,19)13-4-7-20-8-5-13/h2-3,6,10,13,15H,4-5,7-9H2,1H3. The number of rotatable bonds is 4. The van der Waals surface area contributed by atoms with Gasteiger partial charge in [-0.05, 0) is 31.4 Å². The summed E-state index contributed by atoms with van der Waals surface area (Å²) < 4.78 is 34.3. The second-order valence-corrected chi connectivity index (χ2v) is 7.38. The van der Waals surface area contributed by atoms with Crippen molar-refractivity contribution >= 4 is 15.7 Å². The Labute approximate surface area is 124 Å². The Hall–Kier alpha value is -1.44. The summed E-state index contributed by atoms with van der Waals surface area (Å²) in [6.45, 7) is 3.23. The molecule has 0 unspecified atom stereocenters. The maximum atomic E-state index is 12.2. The van der Waals surface area contributed by atoms with Crippen molar-refractivity contribution < 1.29 is 13.2 Å². The van der Waals surface area contributed by atoms with Gasteiger partial charge in [-0.2, -0.15) is 0 Å². The molecule has 0 radical (unpaired) electrons. The van der Waals surface area contributed by atoms with E-state index in [0.29, 0.717) is 26.1 Å². The summed E-state index contributed by atoms with van der Waals surface area (Å²) in [5.74, 6) is 0. The summed E-state index contributed by atoms with van der Waals surface area (Å²) in [4.78, 5) is 4.47. The first kappa shape index (κ1) is 14.5. The molecule has 1 fully saturated rings. The minimum atomic E-state index is -3.31. The maximum Gasteiger partial charge on any atom is 0.215 e. The van der Waals surface area contributed by atoms with Gasteiger partial charge in [0.2, 0.25) is 10.0 Å². The van der Waals surface area contributed by atoms with Crippen LogP contribution in [-0.4, -0.2) is 36.3 Å². The van der Waals surface area contributed by atoms with E-state index < -0.39 is 10.0 Å². The Morgan fingerprint density at radius 1 is 1.43 bits per heavy atom. The molecule has 1 saturated heterocycles.